The van der Waals surface area contributed by atoms with E-state index in [-0.39, 0.29) is 11.8 Å². The van der Waals surface area contributed by atoms with Gasteiger partial charge in [-0.25, -0.2) is 15.0 Å². The van der Waals surface area contributed by atoms with Crippen molar-refractivity contribution in [3.8, 4) is 5.88 Å². The van der Waals surface area contributed by atoms with Crippen molar-refractivity contribution in [2.75, 3.05) is 20.2 Å². The third-order valence-electron chi connectivity index (χ3n) is 5.94. The van der Waals surface area contributed by atoms with Crippen molar-refractivity contribution in [3.63, 3.8) is 0 Å². The lowest BCUT2D eigenvalue weighted by Crippen LogP contribution is -2.39. The second-order valence-electron chi connectivity index (χ2n) is 7.99. The minimum atomic E-state index is 0.137. The fourth-order valence-corrected chi connectivity index (χ4v) is 4.32. The summed E-state index contributed by atoms with van der Waals surface area (Å²) in [5, 5.41) is 0. The van der Waals surface area contributed by atoms with Crippen molar-refractivity contribution < 1.29 is 9.53 Å². The molecule has 0 bridgehead atoms. The standard InChI is InChI=1S/C24H25N5O2/c1-31-24-21(25-17-8-2-5-11-20(17)28-24)12-13-22(30)29-14-6-7-16(15-29)23-26-18-9-3-4-10-19(18)27-23/h2-5,8-11,16H,6-7,12-15H2,1H3,(H,26,27)/t16-/m0/s1. The number of para-hydroxylation sites is 4. The molecule has 4 aromatic rings. The Bertz CT molecular complexity index is 1200. The number of imidazole rings is 1. The van der Waals surface area contributed by atoms with Gasteiger partial charge in [-0.2, -0.15) is 0 Å². The van der Waals surface area contributed by atoms with Crippen molar-refractivity contribution in [3.05, 3.63) is 60.0 Å². The van der Waals surface area contributed by atoms with Gasteiger partial charge in [-0.15, -0.1) is 0 Å². The maximum atomic E-state index is 13.0. The lowest BCUT2D eigenvalue weighted by Gasteiger charge is -2.32. The highest BCUT2D eigenvalue weighted by molar-refractivity contribution is 5.78. The fourth-order valence-electron chi connectivity index (χ4n) is 4.32. The van der Waals surface area contributed by atoms with Gasteiger partial charge in [0, 0.05) is 31.8 Å². The predicted molar refractivity (Wildman–Crippen MR) is 119 cm³/mol. The number of H-pyrrole nitrogens is 1. The first kappa shape index (κ1) is 19.5. The summed E-state index contributed by atoms with van der Waals surface area (Å²) < 4.78 is 5.42. The number of methoxy groups -OCH3 is 1. The number of likely N-dealkylation sites (tertiary alicyclic amines) is 1. The van der Waals surface area contributed by atoms with Gasteiger partial charge in [0.15, 0.2) is 0 Å². The third kappa shape index (κ3) is 3.95. The second kappa shape index (κ2) is 8.34. The van der Waals surface area contributed by atoms with Crippen LogP contribution in [-0.2, 0) is 11.2 Å². The molecule has 0 spiro atoms. The number of amides is 1. The van der Waals surface area contributed by atoms with Crippen LogP contribution in [0.1, 0.15) is 36.7 Å². The van der Waals surface area contributed by atoms with Crippen LogP contribution in [0.2, 0.25) is 0 Å². The number of aryl methyl sites for hydroxylation is 1. The van der Waals surface area contributed by atoms with Crippen molar-refractivity contribution in [2.24, 2.45) is 0 Å². The summed E-state index contributed by atoms with van der Waals surface area (Å²) >= 11 is 0. The van der Waals surface area contributed by atoms with Gasteiger partial charge < -0.3 is 14.6 Å². The monoisotopic (exact) mass is 415 g/mol. The minimum absolute atomic E-state index is 0.137. The molecule has 1 aliphatic heterocycles. The first-order valence-corrected chi connectivity index (χ1v) is 10.7. The van der Waals surface area contributed by atoms with Gasteiger partial charge in [-0.05, 0) is 37.1 Å². The average Bonchev–Trinajstić information content (AvgIpc) is 3.26. The Balaban J connectivity index is 1.27. The summed E-state index contributed by atoms with van der Waals surface area (Å²) in [6.07, 6.45) is 2.90. The molecule has 1 amide bonds. The van der Waals surface area contributed by atoms with Crippen molar-refractivity contribution >= 4 is 28.0 Å². The van der Waals surface area contributed by atoms with E-state index in [2.05, 4.69) is 15.0 Å². The summed E-state index contributed by atoms with van der Waals surface area (Å²) in [6.45, 7) is 1.48. The van der Waals surface area contributed by atoms with Crippen LogP contribution in [0.3, 0.4) is 0 Å². The number of nitrogens with zero attached hydrogens (tertiary/aromatic N) is 4. The normalized spacial score (nSPS) is 16.7. The van der Waals surface area contributed by atoms with Gasteiger partial charge in [0.25, 0.3) is 0 Å². The zero-order valence-electron chi connectivity index (χ0n) is 17.5. The number of hydrogen-bond donors (Lipinski definition) is 1. The molecule has 0 aliphatic carbocycles. The Morgan fingerprint density at radius 2 is 1.81 bits per heavy atom. The molecule has 0 saturated carbocycles. The van der Waals surface area contributed by atoms with E-state index in [0.717, 1.165) is 53.0 Å². The zero-order chi connectivity index (χ0) is 21.2. The molecule has 3 heterocycles. The summed E-state index contributed by atoms with van der Waals surface area (Å²) in [6, 6.07) is 15.7. The van der Waals surface area contributed by atoms with E-state index in [1.54, 1.807) is 7.11 Å². The van der Waals surface area contributed by atoms with Crippen LogP contribution in [0, 0.1) is 0 Å². The molecule has 5 rings (SSSR count). The smallest absolute Gasteiger partial charge is 0.235 e. The van der Waals surface area contributed by atoms with Gasteiger partial charge >= 0.3 is 0 Å². The molecule has 1 saturated heterocycles. The molecule has 31 heavy (non-hydrogen) atoms. The van der Waals surface area contributed by atoms with Crippen LogP contribution in [0.5, 0.6) is 5.88 Å². The maximum Gasteiger partial charge on any atom is 0.235 e. The fraction of sp³-hybridized carbons (Fsp3) is 0.333. The Morgan fingerprint density at radius 3 is 2.58 bits per heavy atom. The summed E-state index contributed by atoms with van der Waals surface area (Å²) in [5.74, 6) is 1.84. The summed E-state index contributed by atoms with van der Waals surface area (Å²) in [7, 11) is 1.59. The van der Waals surface area contributed by atoms with Gasteiger partial charge in [-0.1, -0.05) is 24.3 Å². The molecule has 7 heteroatoms. The molecule has 158 valence electrons. The first-order chi connectivity index (χ1) is 15.2. The second-order valence-corrected chi connectivity index (χ2v) is 7.99. The lowest BCUT2D eigenvalue weighted by molar-refractivity contribution is -0.132. The van der Waals surface area contributed by atoms with E-state index in [4.69, 9.17) is 9.72 Å². The number of hydrogen-bond acceptors (Lipinski definition) is 5. The Hall–Kier alpha value is -3.48. The number of aromatic amines is 1. The predicted octanol–water partition coefficient (Wildman–Crippen LogP) is 3.85. The molecule has 2 aromatic heterocycles. The molecule has 1 aliphatic rings. The number of benzene rings is 2. The SMILES string of the molecule is COc1nc2ccccc2nc1CCC(=O)N1CCC[C@H](c2nc3ccccc3[nH]2)C1. The van der Waals surface area contributed by atoms with Crippen LogP contribution < -0.4 is 4.74 Å². The van der Waals surface area contributed by atoms with Gasteiger partial charge in [-0.3, -0.25) is 4.79 Å². The maximum absolute atomic E-state index is 13.0. The Morgan fingerprint density at radius 1 is 1.06 bits per heavy atom. The van der Waals surface area contributed by atoms with Gasteiger partial charge in [0.1, 0.15) is 11.5 Å². The highest BCUT2D eigenvalue weighted by Crippen LogP contribution is 2.27. The third-order valence-corrected chi connectivity index (χ3v) is 5.94. The van der Waals surface area contributed by atoms with E-state index in [1.165, 1.54) is 0 Å². The highest BCUT2D eigenvalue weighted by Gasteiger charge is 2.27. The average molecular weight is 415 g/mol. The van der Waals surface area contributed by atoms with E-state index in [9.17, 15) is 4.79 Å². The topological polar surface area (TPSA) is 84.0 Å². The van der Waals surface area contributed by atoms with E-state index >= 15 is 0 Å². The molecule has 0 radical (unpaired) electrons. The van der Waals surface area contributed by atoms with E-state index < -0.39 is 0 Å². The quantitative estimate of drug-likeness (QED) is 0.535. The van der Waals surface area contributed by atoms with Crippen LogP contribution in [0.25, 0.3) is 22.1 Å². The number of aromatic nitrogens is 4. The van der Waals surface area contributed by atoms with Crippen LogP contribution in [0.4, 0.5) is 0 Å². The van der Waals surface area contributed by atoms with Crippen LogP contribution >= 0.6 is 0 Å². The molecule has 1 atom stereocenters. The van der Waals surface area contributed by atoms with Crippen molar-refractivity contribution in [2.45, 2.75) is 31.6 Å². The van der Waals surface area contributed by atoms with Crippen molar-refractivity contribution in [1.29, 1.82) is 0 Å². The number of nitrogens with one attached hydrogen (secondary N) is 1. The van der Waals surface area contributed by atoms with Crippen LogP contribution in [-0.4, -0.2) is 50.9 Å². The minimum Gasteiger partial charge on any atom is -0.480 e. The molecule has 0 unspecified atom stereocenters. The molecular weight excluding hydrogens is 390 g/mol. The zero-order valence-corrected chi connectivity index (χ0v) is 17.5. The van der Waals surface area contributed by atoms with E-state index in [1.807, 2.05) is 53.4 Å². The first-order valence-electron chi connectivity index (χ1n) is 10.7. The van der Waals surface area contributed by atoms with Gasteiger partial charge in [0.05, 0.1) is 29.2 Å². The highest BCUT2D eigenvalue weighted by atomic mass is 16.5. The largest absolute Gasteiger partial charge is 0.480 e. The van der Waals surface area contributed by atoms with Crippen molar-refractivity contribution in [1.82, 2.24) is 24.8 Å². The number of carbonyl (C=O) groups excluding carboxylic acids is 1. The number of fused-ring (bicyclic) bond motifs is 2. The number of piperidine rings is 1. The molecule has 1 fully saturated rings. The van der Waals surface area contributed by atoms with Crippen LogP contribution in [0.15, 0.2) is 48.5 Å². The Kier molecular flexibility index (Phi) is 5.24. The number of carbonyl (C=O) groups is 1. The summed E-state index contributed by atoms with van der Waals surface area (Å²) in [4.78, 5) is 32.3. The van der Waals surface area contributed by atoms with E-state index in [0.29, 0.717) is 25.3 Å². The molecular formula is C24H25N5O2. The lowest BCUT2D eigenvalue weighted by atomic mass is 9.97. The summed E-state index contributed by atoms with van der Waals surface area (Å²) in [5.41, 5.74) is 4.35. The molecule has 2 aromatic carbocycles. The molecule has 1 N–H and O–H groups in total. The number of rotatable bonds is 5. The number of ether oxygens (including phenoxy) is 1. The Labute approximate surface area is 180 Å². The van der Waals surface area contributed by atoms with Gasteiger partial charge in [0.2, 0.25) is 11.8 Å². The molecule has 7 nitrogen and oxygen atoms in total.